The summed E-state index contributed by atoms with van der Waals surface area (Å²) in [4.78, 5) is 12.8. The summed E-state index contributed by atoms with van der Waals surface area (Å²) in [6.45, 7) is 2.98. The molecule has 260 valence electrons. The quantitative estimate of drug-likeness (QED) is 0.0429. The molecule has 0 aromatic rings. The van der Waals surface area contributed by atoms with E-state index in [-0.39, 0.29) is 6.42 Å². The Labute approximate surface area is 262 Å². The maximum Gasteiger partial charge on any atom is 0.397 e. The number of nitrogens with one attached hydrogen (secondary N) is 1. The molecule has 1 saturated heterocycles. The Morgan fingerprint density at radius 1 is 0.886 bits per heavy atom. The van der Waals surface area contributed by atoms with E-state index in [4.69, 9.17) is 14.0 Å². The highest BCUT2D eigenvalue weighted by molar-refractivity contribution is 7.80. The molecular weight excluding hydrogens is 598 g/mol. The molecule has 14 heteroatoms. The first-order chi connectivity index (χ1) is 20.9. The van der Waals surface area contributed by atoms with Crippen molar-refractivity contribution in [3.8, 4) is 0 Å². The molecule has 7 N–H and O–H groups in total. The van der Waals surface area contributed by atoms with Crippen molar-refractivity contribution in [1.29, 1.82) is 0 Å². The van der Waals surface area contributed by atoms with E-state index in [0.29, 0.717) is 19.3 Å². The fourth-order valence-electron chi connectivity index (χ4n) is 4.99. The third-order valence-corrected chi connectivity index (χ3v) is 8.15. The van der Waals surface area contributed by atoms with Gasteiger partial charge >= 0.3 is 10.4 Å². The van der Waals surface area contributed by atoms with Gasteiger partial charge in [-0.3, -0.25) is 9.35 Å². The number of aliphatic hydroxyl groups is 5. The van der Waals surface area contributed by atoms with Crippen LogP contribution in [-0.4, -0.2) is 107 Å². The Hall–Kier alpha value is -1.20. The fourth-order valence-corrected chi connectivity index (χ4v) is 5.49. The number of aliphatic hydroxyl groups excluding tert-OH is 5. The van der Waals surface area contributed by atoms with Crippen LogP contribution in [0.25, 0.3) is 0 Å². The van der Waals surface area contributed by atoms with E-state index >= 15 is 0 Å². The number of unbranched alkanes of at least 4 members (excludes halogenated alkanes) is 10. The maximum absolute atomic E-state index is 12.8. The molecular formula is C30H57NO12S. The normalized spacial score (nSPS) is 24.8. The largest absolute Gasteiger partial charge is 0.397 e. The maximum atomic E-state index is 12.8. The number of hydrogen-bond donors (Lipinski definition) is 7. The first kappa shape index (κ1) is 40.8. The Kier molecular flexibility index (Phi) is 21.5. The number of amides is 1. The second-order valence-corrected chi connectivity index (χ2v) is 12.6. The number of carbonyl (C=O) groups excluding carboxylic acids is 1. The topological polar surface area (TPSA) is 212 Å². The second-order valence-electron chi connectivity index (χ2n) is 11.5. The lowest BCUT2D eigenvalue weighted by atomic mass is 9.99. The van der Waals surface area contributed by atoms with Gasteiger partial charge in [-0.1, -0.05) is 83.8 Å². The highest BCUT2D eigenvalue weighted by Crippen LogP contribution is 2.26. The van der Waals surface area contributed by atoms with Crippen molar-refractivity contribution in [1.82, 2.24) is 5.32 Å². The first-order valence-electron chi connectivity index (χ1n) is 16.2. The third-order valence-electron chi connectivity index (χ3n) is 7.68. The monoisotopic (exact) mass is 655 g/mol. The summed E-state index contributed by atoms with van der Waals surface area (Å²) in [5.41, 5.74) is 0. The van der Waals surface area contributed by atoms with Crippen LogP contribution in [0.5, 0.6) is 0 Å². The van der Waals surface area contributed by atoms with E-state index < -0.39 is 78.5 Å². The minimum absolute atomic E-state index is 0.228. The lowest BCUT2D eigenvalue weighted by Crippen LogP contribution is -2.61. The van der Waals surface area contributed by atoms with Gasteiger partial charge in [-0.15, -0.1) is 0 Å². The minimum atomic E-state index is -5.09. The molecule has 1 amide bonds. The van der Waals surface area contributed by atoms with Crippen LogP contribution >= 0.6 is 0 Å². The van der Waals surface area contributed by atoms with Gasteiger partial charge in [-0.2, -0.15) is 8.42 Å². The van der Waals surface area contributed by atoms with Gasteiger partial charge in [0.15, 0.2) is 6.29 Å². The van der Waals surface area contributed by atoms with Gasteiger partial charge in [0.05, 0.1) is 25.4 Å². The second kappa shape index (κ2) is 23.2. The average Bonchev–Trinajstić information content (AvgIpc) is 2.98. The fraction of sp³-hybridized carbons (Fsp3) is 0.900. The molecule has 1 aliphatic heterocycles. The minimum Gasteiger partial charge on any atom is -0.394 e. The summed E-state index contributed by atoms with van der Waals surface area (Å²) in [5.74, 6) is -0.701. The molecule has 44 heavy (non-hydrogen) atoms. The van der Waals surface area contributed by atoms with Crippen LogP contribution in [-0.2, 0) is 28.9 Å². The van der Waals surface area contributed by atoms with Crippen molar-refractivity contribution in [2.45, 2.75) is 159 Å². The highest BCUT2D eigenvalue weighted by Gasteiger charge is 2.48. The number of rotatable bonds is 25. The number of ether oxygens (including phenoxy) is 2. The molecule has 0 radical (unpaired) electrons. The van der Waals surface area contributed by atoms with Gasteiger partial charge < -0.3 is 40.3 Å². The SMILES string of the molecule is CCCCCCCC/C=C\CCCCC(O)C(=O)NC(COC1OC(CO)C(O)C(OS(=O)(=O)O)C1O)C(O)CCCCC. The van der Waals surface area contributed by atoms with E-state index in [1.54, 1.807) is 0 Å². The molecule has 13 nitrogen and oxygen atoms in total. The van der Waals surface area contributed by atoms with Crippen molar-refractivity contribution in [3.05, 3.63) is 12.2 Å². The van der Waals surface area contributed by atoms with E-state index in [0.717, 1.165) is 32.1 Å². The summed E-state index contributed by atoms with van der Waals surface area (Å²) >= 11 is 0. The van der Waals surface area contributed by atoms with Gasteiger partial charge in [0, 0.05) is 0 Å². The summed E-state index contributed by atoms with van der Waals surface area (Å²) in [5, 5.41) is 54.1. The third kappa shape index (κ3) is 16.9. The smallest absolute Gasteiger partial charge is 0.394 e. The molecule has 1 rings (SSSR count). The zero-order valence-corrected chi connectivity index (χ0v) is 27.2. The van der Waals surface area contributed by atoms with Crippen molar-refractivity contribution in [2.24, 2.45) is 0 Å². The molecule has 1 aliphatic rings. The van der Waals surface area contributed by atoms with Crippen molar-refractivity contribution in [2.75, 3.05) is 13.2 Å². The Balaban J connectivity index is 2.64. The summed E-state index contributed by atoms with van der Waals surface area (Å²) < 4.78 is 46.7. The lowest BCUT2D eigenvalue weighted by Gasteiger charge is -2.41. The summed E-state index contributed by atoms with van der Waals surface area (Å²) in [6, 6.07) is -1.03. The lowest BCUT2D eigenvalue weighted by molar-refractivity contribution is -0.298. The van der Waals surface area contributed by atoms with Crippen LogP contribution in [0, 0.1) is 0 Å². The molecule has 0 aromatic carbocycles. The number of hydrogen-bond acceptors (Lipinski definition) is 11. The summed E-state index contributed by atoms with van der Waals surface area (Å²) in [6.07, 6.45) is 6.99. The molecule has 8 atom stereocenters. The predicted octanol–water partition coefficient (Wildman–Crippen LogP) is 2.28. The molecule has 0 saturated carbocycles. The Morgan fingerprint density at radius 3 is 2.07 bits per heavy atom. The van der Waals surface area contributed by atoms with Gasteiger partial charge in [-0.05, 0) is 38.5 Å². The average molecular weight is 656 g/mol. The predicted molar refractivity (Wildman–Crippen MR) is 164 cm³/mol. The van der Waals surface area contributed by atoms with Crippen LogP contribution in [0.3, 0.4) is 0 Å². The zero-order chi connectivity index (χ0) is 33.0. The molecule has 1 fully saturated rings. The molecule has 1 heterocycles. The first-order valence-corrected chi connectivity index (χ1v) is 17.5. The molecule has 0 spiro atoms. The van der Waals surface area contributed by atoms with Gasteiger partial charge in [0.25, 0.3) is 0 Å². The Bertz CT molecular complexity index is 889. The van der Waals surface area contributed by atoms with Crippen molar-refractivity contribution < 1.29 is 57.0 Å². The van der Waals surface area contributed by atoms with Crippen LogP contribution in [0.15, 0.2) is 12.2 Å². The van der Waals surface area contributed by atoms with Crippen molar-refractivity contribution >= 4 is 16.3 Å². The highest BCUT2D eigenvalue weighted by atomic mass is 32.3. The van der Waals surface area contributed by atoms with Crippen LogP contribution in [0.1, 0.15) is 110 Å². The number of carbonyl (C=O) groups is 1. The van der Waals surface area contributed by atoms with E-state index in [1.807, 2.05) is 6.92 Å². The van der Waals surface area contributed by atoms with E-state index in [2.05, 4.69) is 28.6 Å². The van der Waals surface area contributed by atoms with Crippen LogP contribution < -0.4 is 5.32 Å². The zero-order valence-electron chi connectivity index (χ0n) is 26.3. The van der Waals surface area contributed by atoms with E-state index in [1.165, 1.54) is 38.5 Å². The molecule has 0 aromatic heterocycles. The van der Waals surface area contributed by atoms with Crippen molar-refractivity contribution in [3.63, 3.8) is 0 Å². The van der Waals surface area contributed by atoms with Gasteiger partial charge in [0.1, 0.15) is 30.5 Å². The molecule has 8 unspecified atom stereocenters. The molecule has 0 bridgehead atoms. The standard InChI is InChI=1S/C30H57NO12S/c1-3-5-7-8-9-10-11-12-13-14-15-17-19-24(34)29(37)31-22(23(33)18-16-6-4-2)21-41-30-27(36)28(43-44(38,39)40)26(35)25(20-32)42-30/h12-13,22-28,30,32-36H,3-11,14-21H2,1-2H3,(H,31,37)(H,38,39,40)/b13-12-. The number of allylic oxidation sites excluding steroid dienone is 2. The van der Waals surface area contributed by atoms with Crippen LogP contribution in [0.2, 0.25) is 0 Å². The molecule has 0 aliphatic carbocycles. The van der Waals surface area contributed by atoms with Crippen LogP contribution in [0.4, 0.5) is 0 Å². The summed E-state index contributed by atoms with van der Waals surface area (Å²) in [7, 11) is -5.09. The van der Waals surface area contributed by atoms with Gasteiger partial charge in [0.2, 0.25) is 5.91 Å². The van der Waals surface area contributed by atoms with E-state index in [9.17, 15) is 38.7 Å². The Morgan fingerprint density at radius 2 is 1.45 bits per heavy atom. The van der Waals surface area contributed by atoms with Gasteiger partial charge in [-0.25, -0.2) is 4.18 Å².